The van der Waals surface area contributed by atoms with E-state index in [0.717, 1.165) is 9.13 Å². The summed E-state index contributed by atoms with van der Waals surface area (Å²) in [5.74, 6) is -0.284. The Hall–Kier alpha value is -0.200. The van der Waals surface area contributed by atoms with Gasteiger partial charge in [0.15, 0.2) is 0 Å². The molecule has 0 aliphatic rings. The van der Waals surface area contributed by atoms with Gasteiger partial charge in [0.05, 0.1) is 12.6 Å². The lowest BCUT2D eigenvalue weighted by atomic mass is 10.1. The first kappa shape index (κ1) is 9.88. The summed E-state index contributed by atoms with van der Waals surface area (Å²) in [6, 6.07) is 3.91. The lowest BCUT2D eigenvalue weighted by Crippen LogP contribution is -2.15. The summed E-state index contributed by atoms with van der Waals surface area (Å²) in [6.07, 6.45) is 0. The van der Waals surface area contributed by atoms with Crippen LogP contribution in [0.4, 0.5) is 4.39 Å². The van der Waals surface area contributed by atoms with Crippen LogP contribution in [0.1, 0.15) is 11.6 Å². The molecule has 2 nitrogen and oxygen atoms in total. The molecule has 4 heteroatoms. The van der Waals surface area contributed by atoms with E-state index in [2.05, 4.69) is 0 Å². The van der Waals surface area contributed by atoms with Crippen LogP contribution in [0.3, 0.4) is 0 Å². The van der Waals surface area contributed by atoms with Gasteiger partial charge >= 0.3 is 0 Å². The second kappa shape index (κ2) is 4.15. The maximum atomic E-state index is 12.6. The molecule has 1 aromatic rings. The molecule has 0 bridgehead atoms. The van der Waals surface area contributed by atoms with E-state index in [1.165, 1.54) is 12.1 Å². The largest absolute Gasteiger partial charge is 0.394 e. The number of nitrogens with two attached hydrogens (primary N) is 1. The van der Waals surface area contributed by atoms with Gasteiger partial charge in [0.1, 0.15) is 5.82 Å². The van der Waals surface area contributed by atoms with E-state index >= 15 is 0 Å². The Labute approximate surface area is 83.7 Å². The van der Waals surface area contributed by atoms with Gasteiger partial charge < -0.3 is 10.8 Å². The highest BCUT2D eigenvalue weighted by Gasteiger charge is 2.08. The van der Waals surface area contributed by atoms with Crippen LogP contribution < -0.4 is 5.73 Å². The Bertz CT molecular complexity index is 280. The molecule has 1 rings (SSSR count). The van der Waals surface area contributed by atoms with Crippen LogP contribution in [0.2, 0.25) is 0 Å². The van der Waals surface area contributed by atoms with Gasteiger partial charge in [0.25, 0.3) is 0 Å². The van der Waals surface area contributed by atoms with Crippen molar-refractivity contribution < 1.29 is 9.50 Å². The standard InChI is InChI=1S/C8H9FINO/c9-5-1-2-6(7(10)3-5)8(11)4-12/h1-3,8,12H,4,11H2/t8-/m0/s1. The summed E-state index contributed by atoms with van der Waals surface area (Å²) in [5.41, 5.74) is 6.35. The monoisotopic (exact) mass is 281 g/mol. The Morgan fingerprint density at radius 3 is 2.75 bits per heavy atom. The molecule has 0 amide bonds. The first-order valence-electron chi connectivity index (χ1n) is 3.46. The normalized spacial score (nSPS) is 13.0. The number of aliphatic hydroxyl groups is 1. The van der Waals surface area contributed by atoms with E-state index in [9.17, 15) is 4.39 Å². The van der Waals surface area contributed by atoms with Crippen LogP contribution in [0, 0.1) is 9.39 Å². The highest BCUT2D eigenvalue weighted by atomic mass is 127. The summed E-state index contributed by atoms with van der Waals surface area (Å²) < 4.78 is 13.4. The number of hydrogen-bond donors (Lipinski definition) is 2. The number of halogens is 2. The van der Waals surface area contributed by atoms with E-state index in [0.29, 0.717) is 0 Å². The molecule has 0 spiro atoms. The molecule has 0 aliphatic carbocycles. The average Bonchev–Trinajstić information content (AvgIpc) is 2.03. The Morgan fingerprint density at radius 2 is 2.25 bits per heavy atom. The third-order valence-corrected chi connectivity index (χ3v) is 2.49. The number of aliphatic hydroxyl groups excluding tert-OH is 1. The van der Waals surface area contributed by atoms with Crippen molar-refractivity contribution in [3.05, 3.63) is 33.1 Å². The van der Waals surface area contributed by atoms with Crippen LogP contribution in [0.15, 0.2) is 18.2 Å². The molecular formula is C8H9FINO. The molecule has 12 heavy (non-hydrogen) atoms. The highest BCUT2D eigenvalue weighted by molar-refractivity contribution is 14.1. The fraction of sp³-hybridized carbons (Fsp3) is 0.250. The summed E-state index contributed by atoms with van der Waals surface area (Å²) >= 11 is 1.99. The molecule has 66 valence electrons. The third-order valence-electron chi connectivity index (χ3n) is 1.56. The lowest BCUT2D eigenvalue weighted by molar-refractivity contribution is 0.267. The zero-order valence-electron chi connectivity index (χ0n) is 6.30. The number of rotatable bonds is 2. The zero-order valence-corrected chi connectivity index (χ0v) is 8.45. The number of hydrogen-bond acceptors (Lipinski definition) is 2. The average molecular weight is 281 g/mol. The molecule has 3 N–H and O–H groups in total. The van der Waals surface area contributed by atoms with E-state index in [1.807, 2.05) is 22.6 Å². The predicted octanol–water partition coefficient (Wildman–Crippen LogP) is 1.42. The minimum absolute atomic E-state index is 0.123. The maximum absolute atomic E-state index is 12.6. The summed E-state index contributed by atoms with van der Waals surface area (Å²) in [5, 5.41) is 8.76. The van der Waals surface area contributed by atoms with Crippen molar-refractivity contribution >= 4 is 22.6 Å². The van der Waals surface area contributed by atoms with E-state index in [-0.39, 0.29) is 12.4 Å². The summed E-state index contributed by atoms with van der Waals surface area (Å²) in [4.78, 5) is 0. The van der Waals surface area contributed by atoms with Gasteiger partial charge in [-0.3, -0.25) is 0 Å². The van der Waals surface area contributed by atoms with Gasteiger partial charge in [-0.05, 0) is 40.3 Å². The van der Waals surface area contributed by atoms with Crippen molar-refractivity contribution in [2.75, 3.05) is 6.61 Å². The molecule has 0 radical (unpaired) electrons. The number of benzene rings is 1. The van der Waals surface area contributed by atoms with Crippen molar-refractivity contribution in [1.29, 1.82) is 0 Å². The topological polar surface area (TPSA) is 46.2 Å². The highest BCUT2D eigenvalue weighted by Crippen LogP contribution is 2.18. The van der Waals surface area contributed by atoms with Crippen LogP contribution >= 0.6 is 22.6 Å². The van der Waals surface area contributed by atoms with Crippen molar-refractivity contribution in [1.82, 2.24) is 0 Å². The molecule has 0 fully saturated rings. The molecule has 0 unspecified atom stereocenters. The first-order valence-corrected chi connectivity index (χ1v) is 4.54. The van der Waals surface area contributed by atoms with Crippen LogP contribution in [0.25, 0.3) is 0 Å². The molecule has 0 saturated carbocycles. The van der Waals surface area contributed by atoms with Crippen molar-refractivity contribution in [3.8, 4) is 0 Å². The van der Waals surface area contributed by atoms with Crippen LogP contribution in [0.5, 0.6) is 0 Å². The van der Waals surface area contributed by atoms with Crippen LogP contribution in [-0.2, 0) is 0 Å². The molecule has 0 aliphatic heterocycles. The summed E-state index contributed by atoms with van der Waals surface area (Å²) in [7, 11) is 0. The minimum atomic E-state index is -0.419. The molecule has 0 heterocycles. The summed E-state index contributed by atoms with van der Waals surface area (Å²) in [6.45, 7) is -0.123. The Morgan fingerprint density at radius 1 is 1.58 bits per heavy atom. The van der Waals surface area contributed by atoms with Gasteiger partial charge in [-0.1, -0.05) is 6.07 Å². The van der Waals surface area contributed by atoms with Gasteiger partial charge in [0, 0.05) is 3.57 Å². The second-order valence-corrected chi connectivity index (χ2v) is 3.62. The fourth-order valence-electron chi connectivity index (χ4n) is 0.901. The van der Waals surface area contributed by atoms with Gasteiger partial charge in [-0.15, -0.1) is 0 Å². The SMILES string of the molecule is N[C@@H](CO)c1ccc(F)cc1I. The molecule has 1 aromatic carbocycles. The van der Waals surface area contributed by atoms with E-state index in [1.54, 1.807) is 6.07 Å². The zero-order chi connectivity index (χ0) is 9.14. The van der Waals surface area contributed by atoms with Gasteiger partial charge in [-0.25, -0.2) is 4.39 Å². The smallest absolute Gasteiger partial charge is 0.124 e. The fourth-order valence-corrected chi connectivity index (χ4v) is 1.78. The first-order chi connectivity index (χ1) is 5.65. The van der Waals surface area contributed by atoms with E-state index < -0.39 is 6.04 Å². The lowest BCUT2D eigenvalue weighted by Gasteiger charge is -2.10. The third kappa shape index (κ3) is 2.15. The molecule has 0 saturated heterocycles. The second-order valence-electron chi connectivity index (χ2n) is 2.45. The molecular weight excluding hydrogens is 272 g/mol. The Kier molecular flexibility index (Phi) is 3.42. The van der Waals surface area contributed by atoms with Crippen molar-refractivity contribution in [2.24, 2.45) is 5.73 Å². The maximum Gasteiger partial charge on any atom is 0.124 e. The molecule has 1 atom stereocenters. The van der Waals surface area contributed by atoms with Gasteiger partial charge in [-0.2, -0.15) is 0 Å². The quantitative estimate of drug-likeness (QED) is 0.805. The predicted molar refractivity (Wildman–Crippen MR) is 53.1 cm³/mol. The van der Waals surface area contributed by atoms with E-state index in [4.69, 9.17) is 10.8 Å². The molecule has 0 aromatic heterocycles. The van der Waals surface area contributed by atoms with Gasteiger partial charge in [0.2, 0.25) is 0 Å². The minimum Gasteiger partial charge on any atom is -0.394 e. The van der Waals surface area contributed by atoms with Crippen LogP contribution in [-0.4, -0.2) is 11.7 Å². The van der Waals surface area contributed by atoms with Crippen molar-refractivity contribution in [3.63, 3.8) is 0 Å². The van der Waals surface area contributed by atoms with Crippen molar-refractivity contribution in [2.45, 2.75) is 6.04 Å². The Balaban J connectivity index is 3.01.